The molecule has 2 aromatic heterocycles. The Morgan fingerprint density at radius 2 is 1.92 bits per heavy atom. The SMILES string of the molecule is COc1ccc(CN(C)Cc2nc(-c3ccco3)no2)cc1OC. The largest absolute Gasteiger partial charge is 0.493 e. The second kappa shape index (κ2) is 7.18. The molecule has 0 N–H and O–H groups in total. The first-order valence-electron chi connectivity index (χ1n) is 7.45. The highest BCUT2D eigenvalue weighted by atomic mass is 16.5. The normalized spacial score (nSPS) is 11.0. The Morgan fingerprint density at radius 1 is 1.08 bits per heavy atom. The van der Waals surface area contributed by atoms with Crippen molar-refractivity contribution in [2.45, 2.75) is 13.1 Å². The number of ether oxygens (including phenoxy) is 2. The number of furan rings is 1. The van der Waals surface area contributed by atoms with Crippen LogP contribution in [0.3, 0.4) is 0 Å². The van der Waals surface area contributed by atoms with Crippen LogP contribution >= 0.6 is 0 Å². The molecule has 0 aliphatic carbocycles. The quantitative estimate of drug-likeness (QED) is 0.659. The summed E-state index contributed by atoms with van der Waals surface area (Å²) in [4.78, 5) is 6.41. The predicted molar refractivity (Wildman–Crippen MR) is 86.7 cm³/mol. The molecule has 1 aromatic carbocycles. The van der Waals surface area contributed by atoms with Gasteiger partial charge >= 0.3 is 0 Å². The molecule has 0 spiro atoms. The van der Waals surface area contributed by atoms with Gasteiger partial charge in [-0.25, -0.2) is 0 Å². The van der Waals surface area contributed by atoms with Crippen molar-refractivity contribution < 1.29 is 18.4 Å². The van der Waals surface area contributed by atoms with Crippen LogP contribution in [0.2, 0.25) is 0 Å². The van der Waals surface area contributed by atoms with E-state index in [1.807, 2.05) is 25.2 Å². The van der Waals surface area contributed by atoms with Crippen LogP contribution in [-0.2, 0) is 13.1 Å². The fourth-order valence-corrected chi connectivity index (χ4v) is 2.40. The van der Waals surface area contributed by atoms with E-state index in [-0.39, 0.29) is 0 Å². The minimum atomic E-state index is 0.453. The molecule has 0 aliphatic heterocycles. The van der Waals surface area contributed by atoms with Crippen molar-refractivity contribution in [2.24, 2.45) is 0 Å². The third-order valence-electron chi connectivity index (χ3n) is 3.52. The van der Waals surface area contributed by atoms with Gasteiger partial charge in [-0.2, -0.15) is 4.98 Å². The van der Waals surface area contributed by atoms with Crippen LogP contribution < -0.4 is 9.47 Å². The summed E-state index contributed by atoms with van der Waals surface area (Å²) >= 11 is 0. The van der Waals surface area contributed by atoms with E-state index in [0.29, 0.717) is 42.1 Å². The van der Waals surface area contributed by atoms with Crippen LogP contribution in [0, 0.1) is 0 Å². The van der Waals surface area contributed by atoms with Crippen LogP contribution in [-0.4, -0.2) is 36.3 Å². The van der Waals surface area contributed by atoms with Crippen molar-refractivity contribution in [3.8, 4) is 23.1 Å². The van der Waals surface area contributed by atoms with E-state index in [4.69, 9.17) is 18.4 Å². The lowest BCUT2D eigenvalue weighted by molar-refractivity contribution is 0.260. The molecule has 3 aromatic rings. The Balaban J connectivity index is 1.64. The minimum absolute atomic E-state index is 0.453. The van der Waals surface area contributed by atoms with Crippen molar-refractivity contribution in [2.75, 3.05) is 21.3 Å². The molecule has 3 rings (SSSR count). The number of methoxy groups -OCH3 is 2. The standard InChI is InChI=1S/C17H19N3O4/c1-20(10-12-6-7-13(21-2)15(9-12)22-3)11-16-18-17(19-24-16)14-5-4-8-23-14/h4-9H,10-11H2,1-3H3. The molecule has 0 radical (unpaired) electrons. The Hall–Kier alpha value is -2.80. The summed E-state index contributed by atoms with van der Waals surface area (Å²) in [6, 6.07) is 9.43. The lowest BCUT2D eigenvalue weighted by Gasteiger charge is -2.15. The van der Waals surface area contributed by atoms with Crippen LogP contribution in [0.25, 0.3) is 11.6 Å². The van der Waals surface area contributed by atoms with E-state index >= 15 is 0 Å². The molecule has 0 bridgehead atoms. The van der Waals surface area contributed by atoms with Gasteiger partial charge in [0, 0.05) is 6.54 Å². The van der Waals surface area contributed by atoms with Gasteiger partial charge in [-0.1, -0.05) is 11.2 Å². The molecule has 7 nitrogen and oxygen atoms in total. The van der Waals surface area contributed by atoms with E-state index in [1.165, 1.54) is 0 Å². The maximum atomic E-state index is 5.33. The van der Waals surface area contributed by atoms with Crippen molar-refractivity contribution in [1.82, 2.24) is 15.0 Å². The zero-order valence-corrected chi connectivity index (χ0v) is 13.9. The number of aromatic nitrogens is 2. The fraction of sp³-hybridized carbons (Fsp3) is 0.294. The lowest BCUT2D eigenvalue weighted by Crippen LogP contribution is -2.17. The van der Waals surface area contributed by atoms with Gasteiger partial charge < -0.3 is 18.4 Å². The molecule has 24 heavy (non-hydrogen) atoms. The summed E-state index contributed by atoms with van der Waals surface area (Å²) in [6.07, 6.45) is 1.58. The van der Waals surface area contributed by atoms with Crippen LogP contribution in [0.1, 0.15) is 11.5 Å². The number of benzene rings is 1. The highest BCUT2D eigenvalue weighted by molar-refractivity contribution is 5.44. The first-order chi connectivity index (χ1) is 11.7. The zero-order valence-electron chi connectivity index (χ0n) is 13.9. The van der Waals surface area contributed by atoms with Gasteiger partial charge in [-0.05, 0) is 36.9 Å². The Morgan fingerprint density at radius 3 is 2.62 bits per heavy atom. The summed E-state index contributed by atoms with van der Waals surface area (Å²) in [5.74, 6) is 3.00. The van der Waals surface area contributed by atoms with Crippen molar-refractivity contribution in [3.63, 3.8) is 0 Å². The molecule has 0 atom stereocenters. The summed E-state index contributed by atoms with van der Waals surface area (Å²) in [7, 11) is 5.23. The highest BCUT2D eigenvalue weighted by Gasteiger charge is 2.13. The number of nitrogens with zero attached hydrogens (tertiary/aromatic N) is 3. The Bertz CT molecular complexity index is 783. The van der Waals surface area contributed by atoms with E-state index in [1.54, 1.807) is 32.6 Å². The maximum Gasteiger partial charge on any atom is 0.241 e. The third-order valence-corrected chi connectivity index (χ3v) is 3.52. The van der Waals surface area contributed by atoms with Gasteiger partial charge in [-0.15, -0.1) is 0 Å². The topological polar surface area (TPSA) is 73.8 Å². The molecule has 0 saturated heterocycles. The second-order valence-electron chi connectivity index (χ2n) is 5.35. The molecule has 126 valence electrons. The Kier molecular flexibility index (Phi) is 4.81. The summed E-state index contributed by atoms with van der Waals surface area (Å²) in [5, 5.41) is 3.93. The smallest absolute Gasteiger partial charge is 0.241 e. The maximum absolute atomic E-state index is 5.33. The van der Waals surface area contributed by atoms with Gasteiger partial charge in [0.1, 0.15) is 0 Å². The molecule has 0 amide bonds. The van der Waals surface area contributed by atoms with Gasteiger partial charge in [0.25, 0.3) is 0 Å². The predicted octanol–water partition coefficient (Wildman–Crippen LogP) is 2.98. The average molecular weight is 329 g/mol. The minimum Gasteiger partial charge on any atom is -0.493 e. The average Bonchev–Trinajstić information content (AvgIpc) is 3.25. The summed E-state index contributed by atoms with van der Waals surface area (Å²) < 4.78 is 21.1. The van der Waals surface area contributed by atoms with Crippen molar-refractivity contribution in [3.05, 3.63) is 48.0 Å². The van der Waals surface area contributed by atoms with Crippen molar-refractivity contribution in [1.29, 1.82) is 0 Å². The molecule has 2 heterocycles. The van der Waals surface area contributed by atoms with Crippen LogP contribution in [0.15, 0.2) is 45.5 Å². The lowest BCUT2D eigenvalue weighted by atomic mass is 10.2. The molecular formula is C17H19N3O4. The van der Waals surface area contributed by atoms with Crippen molar-refractivity contribution >= 4 is 0 Å². The first kappa shape index (κ1) is 16.1. The molecule has 7 heteroatoms. The van der Waals surface area contributed by atoms with Gasteiger partial charge in [0.2, 0.25) is 11.7 Å². The summed E-state index contributed by atoms with van der Waals surface area (Å²) in [5.41, 5.74) is 1.10. The van der Waals surface area contributed by atoms with Crippen LogP contribution in [0.5, 0.6) is 11.5 Å². The van der Waals surface area contributed by atoms with E-state index < -0.39 is 0 Å². The molecule has 0 fully saturated rings. The molecular weight excluding hydrogens is 310 g/mol. The monoisotopic (exact) mass is 329 g/mol. The third kappa shape index (κ3) is 3.57. The second-order valence-corrected chi connectivity index (χ2v) is 5.35. The molecule has 0 saturated carbocycles. The molecule has 0 aliphatic rings. The highest BCUT2D eigenvalue weighted by Crippen LogP contribution is 2.28. The fourth-order valence-electron chi connectivity index (χ4n) is 2.40. The van der Waals surface area contributed by atoms with Gasteiger partial charge in [0.15, 0.2) is 17.3 Å². The molecule has 0 unspecified atom stereocenters. The summed E-state index contributed by atoms with van der Waals surface area (Å²) in [6.45, 7) is 1.24. The van der Waals surface area contributed by atoms with E-state index in [0.717, 1.165) is 5.56 Å². The van der Waals surface area contributed by atoms with Gasteiger partial charge in [0.05, 0.1) is 27.0 Å². The van der Waals surface area contributed by atoms with Crippen LogP contribution in [0.4, 0.5) is 0 Å². The van der Waals surface area contributed by atoms with E-state index in [2.05, 4.69) is 15.0 Å². The van der Waals surface area contributed by atoms with E-state index in [9.17, 15) is 0 Å². The number of hydrogen-bond acceptors (Lipinski definition) is 7. The van der Waals surface area contributed by atoms with Gasteiger partial charge in [-0.3, -0.25) is 4.90 Å². The zero-order chi connectivity index (χ0) is 16.9. The Labute approximate surface area is 139 Å². The number of hydrogen-bond donors (Lipinski definition) is 0. The number of rotatable bonds is 7. The first-order valence-corrected chi connectivity index (χ1v) is 7.45.